The van der Waals surface area contributed by atoms with Gasteiger partial charge in [-0.05, 0) is 40.4 Å². The van der Waals surface area contributed by atoms with Crippen molar-refractivity contribution in [2.24, 2.45) is 0 Å². The van der Waals surface area contributed by atoms with Crippen molar-refractivity contribution < 1.29 is 18.7 Å². The van der Waals surface area contributed by atoms with E-state index in [2.05, 4.69) is 55.4 Å². The Morgan fingerprint density at radius 2 is 1.25 bits per heavy atom. The van der Waals surface area contributed by atoms with Crippen LogP contribution in [0, 0.1) is 0 Å². The zero-order valence-corrected chi connectivity index (χ0v) is 20.1. The number of aromatic hydroxyl groups is 1. The largest absolute Gasteiger partial charge is 0.507 e. The van der Waals surface area contributed by atoms with Crippen molar-refractivity contribution in [2.45, 2.75) is 98.1 Å². The minimum atomic E-state index is -3.24. The Balaban J connectivity index is 3.31. The minimum absolute atomic E-state index is 0.226. The van der Waals surface area contributed by atoms with Gasteiger partial charge in [0.05, 0.1) is 19.4 Å². The van der Waals surface area contributed by atoms with Gasteiger partial charge in [-0.2, -0.15) is 0 Å². The van der Waals surface area contributed by atoms with E-state index in [0.717, 1.165) is 42.4 Å². The van der Waals surface area contributed by atoms with Gasteiger partial charge in [0.2, 0.25) is 0 Å². The topological polar surface area (TPSA) is 55.8 Å². The van der Waals surface area contributed by atoms with Gasteiger partial charge in [0.15, 0.2) is 0 Å². The maximum absolute atomic E-state index is 13.4. The molecule has 1 aromatic carbocycles. The maximum atomic E-state index is 13.4. The SMILES string of the molecule is CCCCOP(=O)(Cc1cc(C(C)(C)C)c(O)c(C(C)(C)C)c1)OCCCC. The fourth-order valence-corrected chi connectivity index (χ4v) is 4.68. The van der Waals surface area contributed by atoms with Gasteiger partial charge in [-0.25, -0.2) is 0 Å². The zero-order chi connectivity index (χ0) is 21.6. The van der Waals surface area contributed by atoms with Gasteiger partial charge in [-0.15, -0.1) is 0 Å². The summed E-state index contributed by atoms with van der Waals surface area (Å²) in [6, 6.07) is 3.92. The summed E-state index contributed by atoms with van der Waals surface area (Å²) in [5, 5.41) is 10.9. The second kappa shape index (κ2) is 10.3. The quantitative estimate of drug-likeness (QED) is 0.323. The van der Waals surface area contributed by atoms with Crippen molar-refractivity contribution in [2.75, 3.05) is 13.2 Å². The number of hydrogen-bond donors (Lipinski definition) is 1. The van der Waals surface area contributed by atoms with Crippen LogP contribution in [0.4, 0.5) is 0 Å². The molecule has 0 aliphatic rings. The van der Waals surface area contributed by atoms with E-state index < -0.39 is 7.60 Å². The third kappa shape index (κ3) is 7.54. The molecule has 0 aromatic heterocycles. The standard InChI is InChI=1S/C23H41O4P/c1-9-11-13-26-28(25,27-14-12-10-2)17-18-15-19(22(3,4)5)21(24)20(16-18)23(6,7)8/h15-16,24H,9-14,17H2,1-8H3. The first-order valence-electron chi connectivity index (χ1n) is 10.6. The molecule has 0 radical (unpaired) electrons. The Hall–Kier alpha value is -0.830. The van der Waals surface area contributed by atoms with Crippen molar-refractivity contribution in [3.8, 4) is 5.75 Å². The van der Waals surface area contributed by atoms with Gasteiger partial charge >= 0.3 is 7.60 Å². The molecule has 5 heteroatoms. The Morgan fingerprint density at radius 1 is 0.857 bits per heavy atom. The highest BCUT2D eigenvalue weighted by atomic mass is 31.2. The van der Waals surface area contributed by atoms with Crippen molar-refractivity contribution in [3.63, 3.8) is 0 Å². The van der Waals surface area contributed by atoms with Crippen molar-refractivity contribution in [1.29, 1.82) is 0 Å². The predicted octanol–water partition coefficient (Wildman–Crippen LogP) is 7.31. The molecule has 0 saturated heterocycles. The number of rotatable bonds is 10. The fraction of sp³-hybridized carbons (Fsp3) is 0.739. The number of unbranched alkanes of at least 4 members (excludes halogenated alkanes) is 2. The van der Waals surface area contributed by atoms with Gasteiger partial charge in [0.25, 0.3) is 0 Å². The summed E-state index contributed by atoms with van der Waals surface area (Å²) < 4.78 is 25.0. The van der Waals surface area contributed by atoms with Crippen molar-refractivity contribution in [1.82, 2.24) is 0 Å². The second-order valence-electron chi connectivity index (χ2n) is 9.68. The van der Waals surface area contributed by atoms with Crippen LogP contribution >= 0.6 is 7.60 Å². The molecule has 0 aliphatic heterocycles. The third-order valence-electron chi connectivity index (χ3n) is 4.73. The molecule has 162 valence electrons. The summed E-state index contributed by atoms with van der Waals surface area (Å²) in [5.74, 6) is 0.331. The van der Waals surface area contributed by atoms with Crippen LogP contribution < -0.4 is 0 Å². The van der Waals surface area contributed by atoms with Crippen LogP contribution in [0.1, 0.15) is 97.8 Å². The van der Waals surface area contributed by atoms with E-state index in [1.165, 1.54) is 0 Å². The Morgan fingerprint density at radius 3 is 1.57 bits per heavy atom. The van der Waals surface area contributed by atoms with Crippen LogP contribution in [0.15, 0.2) is 12.1 Å². The van der Waals surface area contributed by atoms with Gasteiger partial charge in [-0.1, -0.05) is 80.4 Å². The number of phenols is 1. The molecular weight excluding hydrogens is 371 g/mol. The van der Waals surface area contributed by atoms with Crippen molar-refractivity contribution in [3.05, 3.63) is 28.8 Å². The van der Waals surface area contributed by atoms with Crippen LogP contribution in [0.2, 0.25) is 0 Å². The fourth-order valence-electron chi connectivity index (χ4n) is 2.98. The van der Waals surface area contributed by atoms with E-state index in [-0.39, 0.29) is 17.0 Å². The Kier molecular flexibility index (Phi) is 9.25. The highest BCUT2D eigenvalue weighted by Gasteiger charge is 2.30. The molecule has 1 aromatic rings. The van der Waals surface area contributed by atoms with Crippen LogP contribution in [0.3, 0.4) is 0 Å². The smallest absolute Gasteiger partial charge is 0.335 e. The highest BCUT2D eigenvalue weighted by Crippen LogP contribution is 2.53. The van der Waals surface area contributed by atoms with Crippen molar-refractivity contribution >= 4 is 7.60 Å². The first kappa shape index (κ1) is 25.2. The van der Waals surface area contributed by atoms with Crippen LogP contribution in [0.5, 0.6) is 5.75 Å². The monoisotopic (exact) mass is 412 g/mol. The molecule has 0 spiro atoms. The summed E-state index contributed by atoms with van der Waals surface area (Å²) in [5.41, 5.74) is 2.17. The zero-order valence-electron chi connectivity index (χ0n) is 19.2. The molecule has 28 heavy (non-hydrogen) atoms. The number of hydrogen-bond acceptors (Lipinski definition) is 4. The molecule has 0 bridgehead atoms. The molecule has 0 heterocycles. The van der Waals surface area contributed by atoms with Gasteiger partial charge in [0, 0.05) is 0 Å². The van der Waals surface area contributed by atoms with E-state index in [0.29, 0.717) is 19.0 Å². The minimum Gasteiger partial charge on any atom is -0.507 e. The normalized spacial score (nSPS) is 13.1. The Bertz CT molecular complexity index is 619. The molecule has 1 N–H and O–H groups in total. The maximum Gasteiger partial charge on any atom is 0.335 e. The average Bonchev–Trinajstić information content (AvgIpc) is 2.55. The van der Waals surface area contributed by atoms with Gasteiger partial charge in [0.1, 0.15) is 5.75 Å². The summed E-state index contributed by atoms with van der Waals surface area (Å²) in [4.78, 5) is 0. The van der Waals surface area contributed by atoms with Gasteiger partial charge < -0.3 is 14.2 Å². The van der Waals surface area contributed by atoms with Crippen LogP contribution in [-0.2, 0) is 30.6 Å². The summed E-state index contributed by atoms with van der Waals surface area (Å²) in [6.07, 6.45) is 3.91. The average molecular weight is 413 g/mol. The number of benzene rings is 1. The molecule has 0 atom stereocenters. The molecule has 0 fully saturated rings. The number of phenolic OH excluding ortho intramolecular Hbond substituents is 1. The van der Waals surface area contributed by atoms with Crippen LogP contribution in [-0.4, -0.2) is 18.3 Å². The van der Waals surface area contributed by atoms with E-state index in [4.69, 9.17) is 9.05 Å². The summed E-state index contributed by atoms with van der Waals surface area (Å²) in [6.45, 7) is 17.5. The van der Waals surface area contributed by atoms with E-state index in [1.807, 2.05) is 12.1 Å². The summed E-state index contributed by atoms with van der Waals surface area (Å²) >= 11 is 0. The lowest BCUT2D eigenvalue weighted by Gasteiger charge is -2.29. The molecule has 0 unspecified atom stereocenters. The molecule has 0 amide bonds. The first-order chi connectivity index (χ1) is 12.8. The third-order valence-corrected chi connectivity index (χ3v) is 6.64. The molecule has 0 saturated carbocycles. The lowest BCUT2D eigenvalue weighted by Crippen LogP contribution is -2.18. The molecule has 4 nitrogen and oxygen atoms in total. The highest BCUT2D eigenvalue weighted by molar-refractivity contribution is 7.53. The van der Waals surface area contributed by atoms with Crippen LogP contribution in [0.25, 0.3) is 0 Å². The van der Waals surface area contributed by atoms with E-state index in [9.17, 15) is 9.67 Å². The molecule has 0 aliphatic carbocycles. The molecular formula is C23H41O4P. The lowest BCUT2D eigenvalue weighted by atomic mass is 9.78. The molecule has 1 rings (SSSR count). The second-order valence-corrected chi connectivity index (χ2v) is 11.7. The first-order valence-corrected chi connectivity index (χ1v) is 12.3. The van der Waals surface area contributed by atoms with E-state index in [1.54, 1.807) is 0 Å². The van der Waals surface area contributed by atoms with Gasteiger partial charge in [-0.3, -0.25) is 4.57 Å². The lowest BCUT2D eigenvalue weighted by molar-refractivity contribution is 0.199. The summed E-state index contributed by atoms with van der Waals surface area (Å²) in [7, 11) is -3.24. The predicted molar refractivity (Wildman–Crippen MR) is 119 cm³/mol. The Labute approximate surface area is 172 Å². The van der Waals surface area contributed by atoms with E-state index >= 15 is 0 Å².